The van der Waals surface area contributed by atoms with E-state index in [2.05, 4.69) is 15.2 Å². The normalized spacial score (nSPS) is 13.7. The average Bonchev–Trinajstić information content (AvgIpc) is 2.68. The summed E-state index contributed by atoms with van der Waals surface area (Å²) in [5.74, 6) is 0. The van der Waals surface area contributed by atoms with Crippen LogP contribution in [0.15, 0.2) is 6.20 Å². The van der Waals surface area contributed by atoms with Crippen molar-refractivity contribution in [3.05, 3.63) is 16.9 Å². The van der Waals surface area contributed by atoms with Crippen LogP contribution in [0.4, 0.5) is 13.2 Å². The van der Waals surface area contributed by atoms with Gasteiger partial charge in [0.2, 0.25) is 0 Å². The van der Waals surface area contributed by atoms with Crippen LogP contribution in [-0.2, 0) is 11.8 Å². The third kappa shape index (κ3) is 5.68. The van der Waals surface area contributed by atoms with Crippen molar-refractivity contribution in [2.45, 2.75) is 32.0 Å². The van der Waals surface area contributed by atoms with Gasteiger partial charge in [-0.3, -0.25) is 4.68 Å². The van der Waals surface area contributed by atoms with Crippen LogP contribution in [0.25, 0.3) is 0 Å². The second-order valence-electron chi connectivity index (χ2n) is 4.46. The molecule has 0 aromatic carbocycles. The van der Waals surface area contributed by atoms with E-state index < -0.39 is 12.8 Å². The van der Waals surface area contributed by atoms with Crippen LogP contribution < -0.4 is 5.32 Å². The molecule has 0 bridgehead atoms. The smallest absolute Gasteiger partial charge is 0.372 e. The van der Waals surface area contributed by atoms with Crippen LogP contribution in [0.1, 0.15) is 31.5 Å². The largest absolute Gasteiger partial charge is 0.411 e. The molecule has 1 rings (SSSR count). The minimum absolute atomic E-state index is 0.00238. The summed E-state index contributed by atoms with van der Waals surface area (Å²) in [4.78, 5) is 0. The highest BCUT2D eigenvalue weighted by atomic mass is 35.5. The summed E-state index contributed by atoms with van der Waals surface area (Å²) in [7, 11) is 1.75. The van der Waals surface area contributed by atoms with E-state index in [0.29, 0.717) is 11.4 Å². The summed E-state index contributed by atoms with van der Waals surface area (Å²) in [6, 6.07) is -0.178. The van der Waals surface area contributed by atoms with Gasteiger partial charge in [0.25, 0.3) is 0 Å². The number of rotatable bonds is 8. The summed E-state index contributed by atoms with van der Waals surface area (Å²) in [6.45, 7) is 1.52. The van der Waals surface area contributed by atoms with Gasteiger partial charge >= 0.3 is 6.18 Å². The second-order valence-corrected chi connectivity index (χ2v) is 4.87. The first kappa shape index (κ1) is 17.3. The second kappa shape index (κ2) is 7.85. The van der Waals surface area contributed by atoms with Gasteiger partial charge in [0, 0.05) is 13.7 Å². The first-order valence-corrected chi connectivity index (χ1v) is 6.78. The third-order valence-electron chi connectivity index (χ3n) is 2.73. The SMILES string of the molecule is CCCNC(CCOCC(F)(F)F)c1c(Cl)cnn1C. The van der Waals surface area contributed by atoms with Crippen molar-refractivity contribution in [2.24, 2.45) is 7.05 Å². The van der Waals surface area contributed by atoms with E-state index in [1.807, 2.05) is 6.92 Å². The fourth-order valence-electron chi connectivity index (χ4n) is 1.86. The summed E-state index contributed by atoms with van der Waals surface area (Å²) >= 11 is 6.06. The van der Waals surface area contributed by atoms with Crippen molar-refractivity contribution < 1.29 is 17.9 Å². The van der Waals surface area contributed by atoms with Crippen LogP contribution in [0.3, 0.4) is 0 Å². The molecule has 0 aliphatic carbocycles. The molecular weight excluding hydrogens is 295 g/mol. The third-order valence-corrected chi connectivity index (χ3v) is 3.02. The van der Waals surface area contributed by atoms with Crippen molar-refractivity contribution in [3.8, 4) is 0 Å². The number of aromatic nitrogens is 2. The van der Waals surface area contributed by atoms with Gasteiger partial charge in [0.05, 0.1) is 23.0 Å². The predicted octanol–water partition coefficient (Wildman–Crippen LogP) is 3.08. The standard InChI is InChI=1S/C12H19ClF3N3O/c1-3-5-17-10(4-6-20-8-12(14,15)16)11-9(13)7-18-19(11)2/h7,10,17H,3-6,8H2,1-2H3. The Bertz CT molecular complexity index is 390. The van der Waals surface area contributed by atoms with Crippen LogP contribution >= 0.6 is 11.6 Å². The Morgan fingerprint density at radius 2 is 2.20 bits per heavy atom. The molecule has 0 aliphatic rings. The Kier molecular flexibility index (Phi) is 6.78. The molecule has 1 aromatic heterocycles. The number of nitrogens with zero attached hydrogens (tertiary/aromatic N) is 2. The molecule has 116 valence electrons. The summed E-state index contributed by atoms with van der Waals surface area (Å²) in [5.41, 5.74) is 0.760. The van der Waals surface area contributed by atoms with Crippen molar-refractivity contribution in [1.29, 1.82) is 0 Å². The van der Waals surface area contributed by atoms with E-state index in [4.69, 9.17) is 11.6 Å². The molecule has 1 heterocycles. The van der Waals surface area contributed by atoms with Crippen molar-refractivity contribution in [1.82, 2.24) is 15.1 Å². The molecule has 0 saturated carbocycles. The van der Waals surface area contributed by atoms with E-state index in [1.165, 1.54) is 6.20 Å². The number of ether oxygens (including phenoxy) is 1. The molecule has 1 unspecified atom stereocenters. The van der Waals surface area contributed by atoms with E-state index in [9.17, 15) is 13.2 Å². The van der Waals surface area contributed by atoms with E-state index in [1.54, 1.807) is 11.7 Å². The number of alkyl halides is 3. The molecule has 0 amide bonds. The molecule has 0 aliphatic heterocycles. The van der Waals surface area contributed by atoms with Crippen molar-refractivity contribution in [3.63, 3.8) is 0 Å². The highest BCUT2D eigenvalue weighted by Gasteiger charge is 2.27. The number of aryl methyl sites for hydroxylation is 1. The summed E-state index contributed by atoms with van der Waals surface area (Å²) < 4.78 is 42.3. The molecule has 1 aromatic rings. The van der Waals surface area contributed by atoms with Crippen molar-refractivity contribution >= 4 is 11.6 Å². The minimum atomic E-state index is -4.30. The maximum absolute atomic E-state index is 12.0. The first-order chi connectivity index (χ1) is 9.35. The average molecular weight is 314 g/mol. The Hall–Kier alpha value is -0.790. The number of hydrogen-bond acceptors (Lipinski definition) is 3. The lowest BCUT2D eigenvalue weighted by Crippen LogP contribution is -2.26. The van der Waals surface area contributed by atoms with Crippen LogP contribution in [-0.4, -0.2) is 35.7 Å². The van der Waals surface area contributed by atoms with Crippen LogP contribution in [0.2, 0.25) is 5.02 Å². The first-order valence-electron chi connectivity index (χ1n) is 6.40. The topological polar surface area (TPSA) is 39.1 Å². The van der Waals surface area contributed by atoms with Gasteiger partial charge in [-0.15, -0.1) is 0 Å². The van der Waals surface area contributed by atoms with Crippen LogP contribution in [0.5, 0.6) is 0 Å². The lowest BCUT2D eigenvalue weighted by Gasteiger charge is -2.19. The fraction of sp³-hybridized carbons (Fsp3) is 0.750. The Labute approximate surface area is 121 Å². The lowest BCUT2D eigenvalue weighted by molar-refractivity contribution is -0.174. The van der Waals surface area contributed by atoms with Gasteiger partial charge in [0.1, 0.15) is 6.61 Å². The zero-order valence-electron chi connectivity index (χ0n) is 11.5. The quantitative estimate of drug-likeness (QED) is 0.750. The van der Waals surface area contributed by atoms with Gasteiger partial charge in [-0.2, -0.15) is 18.3 Å². The number of halogens is 4. The van der Waals surface area contributed by atoms with Gasteiger partial charge in [-0.05, 0) is 19.4 Å². The molecule has 8 heteroatoms. The number of hydrogen-bond donors (Lipinski definition) is 1. The van der Waals surface area contributed by atoms with Gasteiger partial charge < -0.3 is 10.1 Å². The minimum Gasteiger partial charge on any atom is -0.372 e. The molecule has 1 N–H and O–H groups in total. The maximum atomic E-state index is 12.0. The summed E-state index contributed by atoms with van der Waals surface area (Å²) in [5, 5.41) is 7.78. The van der Waals surface area contributed by atoms with E-state index >= 15 is 0 Å². The molecule has 0 spiro atoms. The van der Waals surface area contributed by atoms with E-state index in [0.717, 1.165) is 18.7 Å². The molecule has 1 atom stereocenters. The number of nitrogens with one attached hydrogen (secondary N) is 1. The van der Waals surface area contributed by atoms with Crippen LogP contribution in [0, 0.1) is 0 Å². The van der Waals surface area contributed by atoms with Gasteiger partial charge in [-0.1, -0.05) is 18.5 Å². The maximum Gasteiger partial charge on any atom is 0.411 e. The molecule has 0 saturated heterocycles. The monoisotopic (exact) mass is 313 g/mol. The van der Waals surface area contributed by atoms with Gasteiger partial charge in [-0.25, -0.2) is 0 Å². The highest BCUT2D eigenvalue weighted by molar-refractivity contribution is 6.31. The zero-order valence-corrected chi connectivity index (χ0v) is 12.3. The zero-order chi connectivity index (χ0) is 15.2. The predicted molar refractivity (Wildman–Crippen MR) is 70.7 cm³/mol. The fourth-order valence-corrected chi connectivity index (χ4v) is 2.15. The highest BCUT2D eigenvalue weighted by Crippen LogP contribution is 2.25. The summed E-state index contributed by atoms with van der Waals surface area (Å²) in [6.07, 6.45) is -1.46. The molecular formula is C12H19ClF3N3O. The lowest BCUT2D eigenvalue weighted by atomic mass is 10.1. The van der Waals surface area contributed by atoms with Crippen molar-refractivity contribution in [2.75, 3.05) is 19.8 Å². The Morgan fingerprint density at radius 3 is 2.70 bits per heavy atom. The van der Waals surface area contributed by atoms with E-state index in [-0.39, 0.29) is 12.6 Å². The molecule has 20 heavy (non-hydrogen) atoms. The molecule has 4 nitrogen and oxygen atoms in total. The Morgan fingerprint density at radius 1 is 1.50 bits per heavy atom. The van der Waals surface area contributed by atoms with Gasteiger partial charge in [0.15, 0.2) is 0 Å². The molecule has 0 radical (unpaired) electrons. The Balaban J connectivity index is 2.57. The molecule has 0 fully saturated rings.